The van der Waals surface area contributed by atoms with Crippen LogP contribution in [0, 0.1) is 4.64 Å². The lowest BCUT2D eigenvalue weighted by Crippen LogP contribution is -2.22. The largest absolute Gasteiger partial charge is 0.361 e. The van der Waals surface area contributed by atoms with Crippen molar-refractivity contribution in [2.75, 3.05) is 5.32 Å². The van der Waals surface area contributed by atoms with E-state index in [1.807, 2.05) is 65.5 Å². The van der Waals surface area contributed by atoms with Crippen LogP contribution >= 0.6 is 23.8 Å². The van der Waals surface area contributed by atoms with E-state index in [2.05, 4.69) is 17.0 Å². The third-order valence-electron chi connectivity index (χ3n) is 3.25. The minimum Gasteiger partial charge on any atom is -0.361 e. The standard InChI is InChI=1S/C17H14ClN3S/c1-12-16(11-19-14-9-7-13(18)8-10-14)17(22)21(20-12)15-5-3-2-4-6-15/h2-11,19-20H,1H2/b16-11-. The smallest absolute Gasteiger partial charge is 0.136 e. The SMILES string of the molecule is C=c1[nH]n(-c2ccccc2)c(=S)/c1=C\Nc1ccc(Cl)cc1. The average molecular weight is 328 g/mol. The number of rotatable bonds is 3. The molecule has 2 N–H and O–H groups in total. The Bertz CT molecular complexity index is 940. The van der Waals surface area contributed by atoms with E-state index in [9.17, 15) is 0 Å². The van der Waals surface area contributed by atoms with E-state index in [4.69, 9.17) is 23.8 Å². The molecule has 0 radical (unpaired) electrons. The summed E-state index contributed by atoms with van der Waals surface area (Å²) in [6.45, 7) is 4.02. The van der Waals surface area contributed by atoms with Crippen molar-refractivity contribution in [2.45, 2.75) is 0 Å². The Morgan fingerprint density at radius 1 is 1.09 bits per heavy atom. The van der Waals surface area contributed by atoms with Gasteiger partial charge < -0.3 is 5.32 Å². The van der Waals surface area contributed by atoms with Gasteiger partial charge in [-0.25, -0.2) is 4.68 Å². The van der Waals surface area contributed by atoms with Crippen LogP contribution in [0.15, 0.2) is 54.6 Å². The monoisotopic (exact) mass is 327 g/mol. The highest BCUT2D eigenvalue weighted by Crippen LogP contribution is 2.13. The molecule has 0 aliphatic rings. The second-order valence-corrected chi connectivity index (χ2v) is 5.60. The molecule has 110 valence electrons. The van der Waals surface area contributed by atoms with Gasteiger partial charge in [-0.2, -0.15) is 0 Å². The fraction of sp³-hybridized carbons (Fsp3) is 0. The number of anilines is 1. The first-order chi connectivity index (χ1) is 10.6. The third-order valence-corrected chi connectivity index (χ3v) is 3.90. The summed E-state index contributed by atoms with van der Waals surface area (Å²) in [6, 6.07) is 17.4. The zero-order valence-electron chi connectivity index (χ0n) is 11.7. The normalized spacial score (nSPS) is 11.6. The predicted octanol–water partition coefficient (Wildman–Crippen LogP) is 3.45. The molecule has 0 saturated heterocycles. The number of halogens is 1. The van der Waals surface area contributed by atoms with Gasteiger partial charge in [0, 0.05) is 16.9 Å². The van der Waals surface area contributed by atoms with Crippen LogP contribution < -0.4 is 15.9 Å². The molecule has 3 aromatic rings. The van der Waals surface area contributed by atoms with Crippen molar-refractivity contribution in [3.05, 3.63) is 74.8 Å². The van der Waals surface area contributed by atoms with Crippen LogP contribution in [-0.2, 0) is 0 Å². The van der Waals surface area contributed by atoms with E-state index < -0.39 is 0 Å². The molecule has 0 unspecified atom stereocenters. The maximum absolute atomic E-state index is 5.88. The summed E-state index contributed by atoms with van der Waals surface area (Å²) in [7, 11) is 0. The van der Waals surface area contributed by atoms with Gasteiger partial charge in [0.15, 0.2) is 0 Å². The van der Waals surface area contributed by atoms with E-state index in [0.717, 1.165) is 21.9 Å². The van der Waals surface area contributed by atoms with Gasteiger partial charge in [-0.05, 0) is 36.4 Å². The zero-order chi connectivity index (χ0) is 15.5. The van der Waals surface area contributed by atoms with Gasteiger partial charge in [-0.15, -0.1) is 0 Å². The van der Waals surface area contributed by atoms with E-state index >= 15 is 0 Å². The van der Waals surface area contributed by atoms with Crippen molar-refractivity contribution in [2.24, 2.45) is 0 Å². The first-order valence-corrected chi connectivity index (χ1v) is 7.51. The number of hydrogen-bond donors (Lipinski definition) is 2. The van der Waals surface area contributed by atoms with Gasteiger partial charge in [0.25, 0.3) is 0 Å². The van der Waals surface area contributed by atoms with E-state index in [-0.39, 0.29) is 0 Å². The Kier molecular flexibility index (Phi) is 4.13. The summed E-state index contributed by atoms with van der Waals surface area (Å²) in [5.74, 6) is 0. The van der Waals surface area contributed by atoms with E-state index in [1.165, 1.54) is 0 Å². The van der Waals surface area contributed by atoms with Crippen molar-refractivity contribution in [3.63, 3.8) is 0 Å². The molecular formula is C17H14ClN3S. The molecule has 1 heterocycles. The average Bonchev–Trinajstić information content (AvgIpc) is 2.82. The molecule has 0 aliphatic carbocycles. The molecule has 22 heavy (non-hydrogen) atoms. The number of hydrogen-bond acceptors (Lipinski definition) is 2. The topological polar surface area (TPSA) is 32.8 Å². The summed E-state index contributed by atoms with van der Waals surface area (Å²) in [4.78, 5) is 0. The first kappa shape index (κ1) is 14.6. The van der Waals surface area contributed by atoms with Crippen LogP contribution in [0.2, 0.25) is 5.02 Å². The number of benzene rings is 2. The number of nitrogens with zero attached hydrogens (tertiary/aromatic N) is 1. The third kappa shape index (κ3) is 2.98. The van der Waals surface area contributed by atoms with E-state index in [0.29, 0.717) is 9.66 Å². The highest BCUT2D eigenvalue weighted by atomic mass is 35.5. The van der Waals surface area contributed by atoms with Gasteiger partial charge in [0.1, 0.15) is 4.64 Å². The lowest BCUT2D eigenvalue weighted by molar-refractivity contribution is 0.857. The Labute approximate surface area is 138 Å². The Morgan fingerprint density at radius 3 is 2.45 bits per heavy atom. The van der Waals surface area contributed by atoms with Crippen molar-refractivity contribution >= 4 is 42.3 Å². The van der Waals surface area contributed by atoms with Crippen LogP contribution in [-0.4, -0.2) is 9.78 Å². The molecule has 2 aromatic carbocycles. The van der Waals surface area contributed by atoms with Gasteiger partial charge in [0.05, 0.1) is 16.3 Å². The summed E-state index contributed by atoms with van der Waals surface area (Å²) in [6.07, 6.45) is 1.85. The van der Waals surface area contributed by atoms with Crippen molar-refractivity contribution in [1.29, 1.82) is 0 Å². The molecule has 0 saturated carbocycles. The number of aromatic amines is 1. The van der Waals surface area contributed by atoms with Crippen molar-refractivity contribution < 1.29 is 0 Å². The summed E-state index contributed by atoms with van der Waals surface area (Å²) in [5, 5.41) is 8.71. The van der Waals surface area contributed by atoms with Crippen molar-refractivity contribution in [1.82, 2.24) is 9.78 Å². The minimum atomic E-state index is 0.678. The van der Waals surface area contributed by atoms with Crippen LogP contribution in [0.3, 0.4) is 0 Å². The quantitative estimate of drug-likeness (QED) is 0.722. The number of para-hydroxylation sites is 1. The summed E-state index contributed by atoms with van der Waals surface area (Å²) in [5.41, 5.74) is 1.91. The maximum Gasteiger partial charge on any atom is 0.136 e. The van der Waals surface area contributed by atoms with Crippen molar-refractivity contribution in [3.8, 4) is 5.69 Å². The molecule has 0 fully saturated rings. The summed E-state index contributed by atoms with van der Waals surface area (Å²) >= 11 is 11.4. The molecule has 0 aliphatic heterocycles. The van der Waals surface area contributed by atoms with Crippen LogP contribution in [0.1, 0.15) is 0 Å². The van der Waals surface area contributed by atoms with Crippen LogP contribution in [0.25, 0.3) is 18.5 Å². The lowest BCUT2D eigenvalue weighted by Gasteiger charge is -2.01. The second-order valence-electron chi connectivity index (χ2n) is 4.78. The van der Waals surface area contributed by atoms with E-state index in [1.54, 1.807) is 0 Å². The molecular weight excluding hydrogens is 314 g/mol. The fourth-order valence-electron chi connectivity index (χ4n) is 2.10. The van der Waals surface area contributed by atoms with Gasteiger partial charge in [0.2, 0.25) is 0 Å². The molecule has 0 amide bonds. The predicted molar refractivity (Wildman–Crippen MR) is 95.3 cm³/mol. The molecule has 3 nitrogen and oxygen atoms in total. The molecule has 0 atom stereocenters. The number of aromatic nitrogens is 2. The van der Waals surface area contributed by atoms with Crippen LogP contribution in [0.4, 0.5) is 5.69 Å². The molecule has 1 aromatic heterocycles. The highest BCUT2D eigenvalue weighted by Gasteiger charge is 2.00. The Morgan fingerprint density at radius 2 is 1.77 bits per heavy atom. The number of H-pyrrole nitrogens is 1. The Balaban J connectivity index is 2.00. The summed E-state index contributed by atoms with van der Waals surface area (Å²) < 4.78 is 2.52. The van der Waals surface area contributed by atoms with Gasteiger partial charge in [-0.1, -0.05) is 48.6 Å². The lowest BCUT2D eigenvalue weighted by atomic mass is 10.3. The highest BCUT2D eigenvalue weighted by molar-refractivity contribution is 7.71. The van der Waals surface area contributed by atoms with Gasteiger partial charge >= 0.3 is 0 Å². The fourth-order valence-corrected chi connectivity index (χ4v) is 2.56. The first-order valence-electron chi connectivity index (χ1n) is 6.73. The molecule has 3 rings (SSSR count). The zero-order valence-corrected chi connectivity index (χ0v) is 13.3. The molecule has 5 heteroatoms. The number of nitrogens with one attached hydrogen (secondary N) is 2. The second kappa shape index (κ2) is 6.22. The Hall–Kier alpha value is -2.30. The van der Waals surface area contributed by atoms with Crippen LogP contribution in [0.5, 0.6) is 0 Å². The molecule has 0 bridgehead atoms. The maximum atomic E-state index is 5.88. The van der Waals surface area contributed by atoms with Gasteiger partial charge in [-0.3, -0.25) is 5.10 Å². The minimum absolute atomic E-state index is 0.678. The molecule has 0 spiro atoms.